The largest absolute Gasteiger partial charge is 0.467 e. The summed E-state index contributed by atoms with van der Waals surface area (Å²) in [6.45, 7) is 4.11. The molecule has 172 valence electrons. The van der Waals surface area contributed by atoms with Crippen LogP contribution >= 0.6 is 0 Å². The first-order valence-corrected chi connectivity index (χ1v) is 12.9. The summed E-state index contributed by atoms with van der Waals surface area (Å²) in [5.74, 6) is 0.725. The third-order valence-corrected chi connectivity index (χ3v) is 8.66. The van der Waals surface area contributed by atoms with E-state index in [1.807, 2.05) is 12.1 Å². The van der Waals surface area contributed by atoms with Gasteiger partial charge < -0.3 is 14.4 Å². The molecule has 2 unspecified atom stereocenters. The summed E-state index contributed by atoms with van der Waals surface area (Å²) in [5.41, 5.74) is 1.06. The molecule has 1 aromatic heterocycles. The van der Waals surface area contributed by atoms with E-state index in [2.05, 4.69) is 9.71 Å². The predicted molar refractivity (Wildman–Crippen MR) is 116 cm³/mol. The van der Waals surface area contributed by atoms with Crippen LogP contribution in [0.25, 0.3) is 0 Å². The number of ether oxygens (including phenoxy) is 2. The van der Waals surface area contributed by atoms with Gasteiger partial charge in [0.25, 0.3) is 5.91 Å². The van der Waals surface area contributed by atoms with Gasteiger partial charge in [0.1, 0.15) is 0 Å². The summed E-state index contributed by atoms with van der Waals surface area (Å²) < 4.78 is 40.1. The van der Waals surface area contributed by atoms with E-state index in [-0.39, 0.29) is 30.7 Å². The van der Waals surface area contributed by atoms with Gasteiger partial charge in [-0.3, -0.25) is 4.79 Å². The lowest BCUT2D eigenvalue weighted by molar-refractivity contribution is -0.140. The molecule has 1 aliphatic carbocycles. The molecule has 5 rings (SSSR count). The molecule has 0 spiro atoms. The number of amides is 1. The molecule has 4 heterocycles. The van der Waals surface area contributed by atoms with Gasteiger partial charge in [-0.15, -0.1) is 0 Å². The molecule has 3 aliphatic heterocycles. The summed E-state index contributed by atoms with van der Waals surface area (Å²) in [4.78, 5) is 19.3. The average Bonchev–Trinajstić information content (AvgIpc) is 2.77. The molecule has 0 aromatic carbocycles. The molecule has 1 amide bonds. The number of hydrogen-bond donors (Lipinski definition) is 1. The van der Waals surface area contributed by atoms with Gasteiger partial charge in [0.15, 0.2) is 6.61 Å². The van der Waals surface area contributed by atoms with Gasteiger partial charge in [0.05, 0.1) is 24.0 Å². The van der Waals surface area contributed by atoms with E-state index >= 15 is 0 Å². The van der Waals surface area contributed by atoms with Crippen molar-refractivity contribution < 1.29 is 22.7 Å². The Kier molecular flexibility index (Phi) is 6.83. The number of fused-ring (bicyclic) bond motifs is 5. The lowest BCUT2D eigenvalue weighted by atomic mass is 9.83. The van der Waals surface area contributed by atoms with Crippen LogP contribution in [0.1, 0.15) is 63.9 Å². The Labute approximate surface area is 184 Å². The number of pyridine rings is 1. The SMILES string of the molecule is CC(C)S(=O)(=O)NC1CCCN2C(=O)COc3ncccc3C3CCC(CC3)OCC12. The topological polar surface area (TPSA) is 97.8 Å². The fourth-order valence-electron chi connectivity index (χ4n) is 4.88. The number of nitrogens with zero attached hydrogens (tertiary/aromatic N) is 2. The van der Waals surface area contributed by atoms with Crippen LogP contribution in [0.15, 0.2) is 18.3 Å². The zero-order valence-electron chi connectivity index (χ0n) is 18.3. The lowest BCUT2D eigenvalue weighted by Crippen LogP contribution is -2.60. The number of hydrogen-bond acceptors (Lipinski definition) is 6. The summed E-state index contributed by atoms with van der Waals surface area (Å²) in [6.07, 6.45) is 7.06. The maximum absolute atomic E-state index is 13.1. The molecule has 1 saturated heterocycles. The zero-order chi connectivity index (χ0) is 22.0. The first-order chi connectivity index (χ1) is 14.8. The molecule has 4 aliphatic rings. The van der Waals surface area contributed by atoms with E-state index in [9.17, 15) is 13.2 Å². The summed E-state index contributed by atoms with van der Waals surface area (Å²) in [5, 5.41) is -0.532. The third kappa shape index (κ3) is 5.04. The van der Waals surface area contributed by atoms with Crippen LogP contribution < -0.4 is 9.46 Å². The van der Waals surface area contributed by atoms with Crippen molar-refractivity contribution in [3.05, 3.63) is 23.9 Å². The number of nitrogens with one attached hydrogen (secondary N) is 1. The smallest absolute Gasteiger partial charge is 0.260 e. The van der Waals surface area contributed by atoms with Crippen molar-refractivity contribution in [2.75, 3.05) is 19.8 Å². The Morgan fingerprint density at radius 1 is 1.19 bits per heavy atom. The Bertz CT molecular complexity index is 883. The highest BCUT2D eigenvalue weighted by Crippen LogP contribution is 2.38. The Balaban J connectivity index is 1.60. The molecular weight excluding hydrogens is 418 g/mol. The van der Waals surface area contributed by atoms with E-state index in [1.54, 1.807) is 24.9 Å². The third-order valence-electron chi connectivity index (χ3n) is 6.79. The lowest BCUT2D eigenvalue weighted by Gasteiger charge is -2.42. The van der Waals surface area contributed by atoms with Crippen LogP contribution in [0.2, 0.25) is 0 Å². The highest BCUT2D eigenvalue weighted by molar-refractivity contribution is 7.90. The summed E-state index contributed by atoms with van der Waals surface area (Å²) in [7, 11) is -3.46. The highest BCUT2D eigenvalue weighted by atomic mass is 32.2. The number of aromatic nitrogens is 1. The van der Waals surface area contributed by atoms with Gasteiger partial charge in [0.2, 0.25) is 15.9 Å². The second-order valence-corrected chi connectivity index (χ2v) is 11.4. The van der Waals surface area contributed by atoms with Crippen LogP contribution in [0, 0.1) is 0 Å². The number of sulfonamides is 1. The van der Waals surface area contributed by atoms with Gasteiger partial charge in [-0.25, -0.2) is 18.1 Å². The second kappa shape index (κ2) is 9.42. The predicted octanol–water partition coefficient (Wildman–Crippen LogP) is 2.20. The molecule has 1 N–H and O–H groups in total. The van der Waals surface area contributed by atoms with E-state index in [0.717, 1.165) is 37.7 Å². The number of rotatable bonds is 3. The first kappa shape index (κ1) is 22.5. The van der Waals surface area contributed by atoms with Crippen molar-refractivity contribution in [2.24, 2.45) is 0 Å². The highest BCUT2D eigenvalue weighted by Gasteiger charge is 2.38. The fourth-order valence-corrected chi connectivity index (χ4v) is 5.85. The maximum Gasteiger partial charge on any atom is 0.260 e. The minimum atomic E-state index is -3.46. The van der Waals surface area contributed by atoms with Crippen LogP contribution in [-0.4, -0.2) is 67.4 Å². The molecule has 1 aromatic rings. The van der Waals surface area contributed by atoms with Gasteiger partial charge in [-0.2, -0.15) is 0 Å². The summed E-state index contributed by atoms with van der Waals surface area (Å²) in [6, 6.07) is 3.24. The van der Waals surface area contributed by atoms with Crippen LogP contribution in [0.3, 0.4) is 0 Å². The molecule has 8 nitrogen and oxygen atoms in total. The van der Waals surface area contributed by atoms with E-state index < -0.39 is 15.3 Å². The van der Waals surface area contributed by atoms with Crippen molar-refractivity contribution >= 4 is 15.9 Å². The standard InChI is InChI=1S/C22H33N3O5S/c1-15(2)31(27,28)24-19-6-4-12-25-20(19)13-29-17-9-7-16(8-10-17)18-5-3-11-23-22(18)30-14-21(25)26/h3,5,11,15-17,19-20,24H,4,6-10,12-14H2,1-2H3. The molecule has 9 heteroatoms. The summed E-state index contributed by atoms with van der Waals surface area (Å²) >= 11 is 0. The number of carbonyl (C=O) groups excluding carboxylic acids is 1. The Morgan fingerprint density at radius 2 is 1.97 bits per heavy atom. The van der Waals surface area contributed by atoms with Gasteiger partial charge in [-0.1, -0.05) is 6.07 Å². The van der Waals surface area contributed by atoms with Crippen molar-refractivity contribution in [1.82, 2.24) is 14.6 Å². The molecule has 2 atom stereocenters. The molecule has 2 bridgehead atoms. The maximum atomic E-state index is 13.1. The van der Waals surface area contributed by atoms with Crippen molar-refractivity contribution in [1.29, 1.82) is 0 Å². The average molecular weight is 452 g/mol. The first-order valence-electron chi connectivity index (χ1n) is 11.3. The fraction of sp³-hybridized carbons (Fsp3) is 0.727. The molecule has 2 fully saturated rings. The van der Waals surface area contributed by atoms with Crippen molar-refractivity contribution in [3.63, 3.8) is 0 Å². The molecule has 31 heavy (non-hydrogen) atoms. The van der Waals surface area contributed by atoms with Gasteiger partial charge >= 0.3 is 0 Å². The van der Waals surface area contributed by atoms with Crippen molar-refractivity contribution in [3.8, 4) is 5.88 Å². The number of carbonyl (C=O) groups is 1. The van der Waals surface area contributed by atoms with Gasteiger partial charge in [-0.05, 0) is 64.4 Å². The van der Waals surface area contributed by atoms with Crippen molar-refractivity contribution in [2.45, 2.75) is 81.7 Å². The zero-order valence-corrected chi connectivity index (χ0v) is 19.1. The van der Waals surface area contributed by atoms with Gasteiger partial charge in [0, 0.05) is 24.3 Å². The minimum absolute atomic E-state index is 0.111. The van der Waals surface area contributed by atoms with Crippen LogP contribution in [0.4, 0.5) is 0 Å². The molecule has 1 saturated carbocycles. The van der Waals surface area contributed by atoms with Crippen LogP contribution in [-0.2, 0) is 19.6 Å². The molecular formula is C22H33N3O5S. The van der Waals surface area contributed by atoms with E-state index in [4.69, 9.17) is 9.47 Å². The molecule has 0 radical (unpaired) electrons. The Morgan fingerprint density at radius 3 is 2.71 bits per heavy atom. The van der Waals surface area contributed by atoms with E-state index in [1.165, 1.54) is 0 Å². The minimum Gasteiger partial charge on any atom is -0.467 e. The monoisotopic (exact) mass is 451 g/mol. The Hall–Kier alpha value is -1.71. The van der Waals surface area contributed by atoms with Crippen LogP contribution in [0.5, 0.6) is 5.88 Å². The quantitative estimate of drug-likeness (QED) is 0.757. The second-order valence-electron chi connectivity index (χ2n) is 9.11. The normalized spacial score (nSPS) is 29.9. The van der Waals surface area contributed by atoms with E-state index in [0.29, 0.717) is 31.4 Å². The number of piperidine rings is 1.